The van der Waals surface area contributed by atoms with Gasteiger partial charge in [-0.3, -0.25) is 4.90 Å². The number of rotatable bonds is 6. The Bertz CT molecular complexity index is 782. The highest BCUT2D eigenvalue weighted by atomic mass is 19.1. The lowest BCUT2D eigenvalue weighted by molar-refractivity contribution is -0.134. The molecule has 1 heterocycles. The molecule has 0 unspecified atom stereocenters. The Balaban J connectivity index is 1.77. The normalized spacial score (nSPS) is 20.8. The predicted molar refractivity (Wildman–Crippen MR) is 94.6 cm³/mol. The predicted octanol–water partition coefficient (Wildman–Crippen LogP) is 2.33. The van der Waals surface area contributed by atoms with Gasteiger partial charge in [-0.25, -0.2) is 9.18 Å². The summed E-state index contributed by atoms with van der Waals surface area (Å²) in [5.41, 5.74) is 0.565. The van der Waals surface area contributed by atoms with Gasteiger partial charge in [0, 0.05) is 26.1 Å². The van der Waals surface area contributed by atoms with E-state index < -0.39 is 11.6 Å². The Morgan fingerprint density at radius 1 is 1.15 bits per heavy atom. The van der Waals surface area contributed by atoms with Gasteiger partial charge in [0.25, 0.3) is 0 Å². The van der Waals surface area contributed by atoms with E-state index in [2.05, 4.69) is 0 Å². The third-order valence-corrected chi connectivity index (χ3v) is 4.73. The van der Waals surface area contributed by atoms with Crippen molar-refractivity contribution in [1.29, 1.82) is 0 Å². The maximum absolute atomic E-state index is 14.0. The van der Waals surface area contributed by atoms with Gasteiger partial charge in [0.05, 0.1) is 18.8 Å². The Hall–Kier alpha value is -2.28. The molecule has 0 aromatic heterocycles. The van der Waals surface area contributed by atoms with Crippen LogP contribution in [-0.4, -0.2) is 53.0 Å². The highest BCUT2D eigenvalue weighted by molar-refractivity contribution is 5.89. The van der Waals surface area contributed by atoms with Crippen LogP contribution in [0, 0.1) is 5.82 Å². The summed E-state index contributed by atoms with van der Waals surface area (Å²) in [6, 6.07) is 13.3. The molecule has 1 atom stereocenters. The summed E-state index contributed by atoms with van der Waals surface area (Å²) < 4.78 is 19.9. The van der Waals surface area contributed by atoms with Crippen LogP contribution < -0.4 is 0 Å². The van der Waals surface area contributed by atoms with Crippen molar-refractivity contribution < 1.29 is 24.1 Å². The topological polar surface area (TPSA) is 70.0 Å². The van der Waals surface area contributed by atoms with Crippen molar-refractivity contribution >= 4 is 5.97 Å². The number of carbonyl (C=O) groups is 1. The molecule has 1 saturated heterocycles. The standard InChI is InChI=1S/C20H22FNO4/c21-18-8-4-2-5-15(18)11-20(14-23)13-22(9-10-26-20)12-16-6-1-3-7-17(16)19(24)25/h1-8,23H,9-14H2,(H,24,25)/t20-/m1/s1. The third-order valence-electron chi connectivity index (χ3n) is 4.73. The molecule has 0 aliphatic carbocycles. The summed E-state index contributed by atoms with van der Waals surface area (Å²) >= 11 is 0. The van der Waals surface area contributed by atoms with Crippen molar-refractivity contribution in [3.63, 3.8) is 0 Å². The van der Waals surface area contributed by atoms with Gasteiger partial charge in [-0.2, -0.15) is 0 Å². The number of aromatic carboxylic acids is 1. The molecular weight excluding hydrogens is 337 g/mol. The zero-order valence-corrected chi connectivity index (χ0v) is 14.4. The van der Waals surface area contributed by atoms with E-state index in [1.54, 1.807) is 42.5 Å². The highest BCUT2D eigenvalue weighted by Crippen LogP contribution is 2.26. The summed E-state index contributed by atoms with van der Waals surface area (Å²) in [7, 11) is 0. The van der Waals surface area contributed by atoms with Gasteiger partial charge < -0.3 is 14.9 Å². The van der Waals surface area contributed by atoms with Crippen LogP contribution in [-0.2, 0) is 17.7 Å². The Labute approximate surface area is 151 Å². The quantitative estimate of drug-likeness (QED) is 0.828. The molecule has 1 fully saturated rings. The number of hydrogen-bond acceptors (Lipinski definition) is 4. The Morgan fingerprint density at radius 3 is 2.54 bits per heavy atom. The van der Waals surface area contributed by atoms with Crippen molar-refractivity contribution in [3.8, 4) is 0 Å². The first-order chi connectivity index (χ1) is 12.5. The van der Waals surface area contributed by atoms with Crippen LogP contribution in [0.15, 0.2) is 48.5 Å². The molecule has 2 N–H and O–H groups in total. The average molecular weight is 359 g/mol. The van der Waals surface area contributed by atoms with Gasteiger partial charge >= 0.3 is 5.97 Å². The zero-order chi connectivity index (χ0) is 18.6. The molecule has 0 saturated carbocycles. The average Bonchev–Trinajstić information content (AvgIpc) is 2.64. The lowest BCUT2D eigenvalue weighted by Gasteiger charge is -2.42. The van der Waals surface area contributed by atoms with Crippen LogP contribution in [0.3, 0.4) is 0 Å². The Kier molecular flexibility index (Phi) is 5.66. The van der Waals surface area contributed by atoms with Crippen LogP contribution in [0.2, 0.25) is 0 Å². The number of hydrogen-bond donors (Lipinski definition) is 2. The van der Waals surface area contributed by atoms with Gasteiger partial charge in [-0.15, -0.1) is 0 Å². The second-order valence-corrected chi connectivity index (χ2v) is 6.63. The van der Waals surface area contributed by atoms with E-state index in [1.165, 1.54) is 6.07 Å². The second kappa shape index (κ2) is 7.95. The molecule has 2 aromatic rings. The van der Waals surface area contributed by atoms with E-state index >= 15 is 0 Å². The lowest BCUT2D eigenvalue weighted by atomic mass is 9.92. The molecule has 2 aromatic carbocycles. The van der Waals surface area contributed by atoms with Crippen LogP contribution in [0.1, 0.15) is 21.5 Å². The molecule has 0 amide bonds. The zero-order valence-electron chi connectivity index (χ0n) is 14.4. The van der Waals surface area contributed by atoms with Gasteiger partial charge in [0.2, 0.25) is 0 Å². The first-order valence-electron chi connectivity index (χ1n) is 8.55. The molecular formula is C20H22FNO4. The van der Waals surface area contributed by atoms with E-state index in [4.69, 9.17) is 4.74 Å². The number of carboxylic acid groups (broad SMARTS) is 1. The summed E-state index contributed by atoms with van der Waals surface area (Å²) in [5, 5.41) is 19.3. The van der Waals surface area contributed by atoms with Crippen LogP contribution >= 0.6 is 0 Å². The van der Waals surface area contributed by atoms with E-state index in [1.807, 2.05) is 4.90 Å². The summed E-state index contributed by atoms with van der Waals surface area (Å²) in [6.07, 6.45) is 0.257. The largest absolute Gasteiger partial charge is 0.478 e. The minimum Gasteiger partial charge on any atom is -0.478 e. The Morgan fingerprint density at radius 2 is 1.85 bits per heavy atom. The van der Waals surface area contributed by atoms with Crippen molar-refractivity contribution in [2.24, 2.45) is 0 Å². The lowest BCUT2D eigenvalue weighted by Crippen LogP contribution is -2.55. The van der Waals surface area contributed by atoms with Crippen molar-refractivity contribution in [1.82, 2.24) is 4.90 Å². The van der Waals surface area contributed by atoms with E-state index in [9.17, 15) is 19.4 Å². The number of ether oxygens (including phenoxy) is 1. The van der Waals surface area contributed by atoms with Gasteiger partial charge in [-0.1, -0.05) is 36.4 Å². The maximum atomic E-state index is 14.0. The fraction of sp³-hybridized carbons (Fsp3) is 0.350. The smallest absolute Gasteiger partial charge is 0.336 e. The number of nitrogens with zero attached hydrogens (tertiary/aromatic N) is 1. The molecule has 3 rings (SSSR count). The SMILES string of the molecule is O=C(O)c1ccccc1CN1CCO[C@](CO)(Cc2ccccc2F)C1. The summed E-state index contributed by atoms with van der Waals surface area (Å²) in [6.45, 7) is 1.60. The minimum absolute atomic E-state index is 0.238. The molecule has 0 spiro atoms. The van der Waals surface area contributed by atoms with Crippen LogP contribution in [0.5, 0.6) is 0 Å². The van der Waals surface area contributed by atoms with Crippen LogP contribution in [0.25, 0.3) is 0 Å². The van der Waals surface area contributed by atoms with Crippen LogP contribution in [0.4, 0.5) is 4.39 Å². The number of aliphatic hydroxyl groups is 1. The first-order valence-corrected chi connectivity index (χ1v) is 8.55. The van der Waals surface area contributed by atoms with Crippen molar-refractivity contribution in [3.05, 3.63) is 71.0 Å². The summed E-state index contributed by atoms with van der Waals surface area (Å²) in [5.74, 6) is -1.29. The number of benzene rings is 2. The molecule has 5 nitrogen and oxygen atoms in total. The summed E-state index contributed by atoms with van der Waals surface area (Å²) in [4.78, 5) is 13.4. The first kappa shape index (κ1) is 18.5. The molecule has 1 aliphatic rings. The number of halogens is 1. The minimum atomic E-state index is -0.964. The molecule has 0 radical (unpaired) electrons. The molecule has 6 heteroatoms. The molecule has 138 valence electrons. The van der Waals surface area contributed by atoms with E-state index in [-0.39, 0.29) is 24.4 Å². The van der Waals surface area contributed by atoms with Gasteiger partial charge in [0.1, 0.15) is 11.4 Å². The van der Waals surface area contributed by atoms with E-state index in [0.717, 1.165) is 0 Å². The van der Waals surface area contributed by atoms with Gasteiger partial charge in [0.15, 0.2) is 0 Å². The molecule has 26 heavy (non-hydrogen) atoms. The number of aliphatic hydroxyl groups excluding tert-OH is 1. The monoisotopic (exact) mass is 359 g/mol. The third kappa shape index (κ3) is 4.09. The van der Waals surface area contributed by atoms with Gasteiger partial charge in [-0.05, 0) is 23.3 Å². The van der Waals surface area contributed by atoms with Crippen molar-refractivity contribution in [2.75, 3.05) is 26.3 Å². The highest BCUT2D eigenvalue weighted by Gasteiger charge is 2.37. The van der Waals surface area contributed by atoms with Crippen molar-refractivity contribution in [2.45, 2.75) is 18.6 Å². The fourth-order valence-corrected chi connectivity index (χ4v) is 3.41. The number of morpholine rings is 1. The molecule has 1 aliphatic heterocycles. The fourth-order valence-electron chi connectivity index (χ4n) is 3.41. The number of carboxylic acids is 1. The molecule has 0 bridgehead atoms. The van der Waals surface area contributed by atoms with E-state index in [0.29, 0.717) is 37.4 Å². The second-order valence-electron chi connectivity index (χ2n) is 6.63. The maximum Gasteiger partial charge on any atom is 0.336 e.